The molecule has 1 N–H and O–H groups in total. The van der Waals surface area contributed by atoms with Gasteiger partial charge in [-0.25, -0.2) is 8.42 Å². The molecule has 0 aromatic rings. The third-order valence-corrected chi connectivity index (χ3v) is 4.52. The van der Waals surface area contributed by atoms with E-state index in [1.165, 1.54) is 6.42 Å². The van der Waals surface area contributed by atoms with E-state index in [0.717, 1.165) is 19.3 Å². The van der Waals surface area contributed by atoms with Crippen LogP contribution in [-0.4, -0.2) is 29.4 Å². The maximum absolute atomic E-state index is 11.0. The molecule has 0 spiro atoms. The van der Waals surface area contributed by atoms with Crippen LogP contribution in [0.15, 0.2) is 0 Å². The van der Waals surface area contributed by atoms with Gasteiger partial charge in [-0.2, -0.15) is 0 Å². The van der Waals surface area contributed by atoms with Gasteiger partial charge in [0.2, 0.25) is 0 Å². The molecule has 0 aliphatic heterocycles. The molecule has 0 aliphatic rings. The predicted octanol–water partition coefficient (Wildman–Crippen LogP) is -0.184. The fourth-order valence-corrected chi connectivity index (χ4v) is 3.03. The smallest absolute Gasteiger partial charge is 0.748 e. The summed E-state index contributed by atoms with van der Waals surface area (Å²) in [5.41, 5.74) is 0. The van der Waals surface area contributed by atoms with Gasteiger partial charge < -0.3 is 9.66 Å². The molecule has 2 atom stereocenters. The van der Waals surface area contributed by atoms with Crippen LogP contribution in [0.2, 0.25) is 0 Å². The molecular weight excluding hydrogens is 291 g/mol. The molecule has 4 nitrogen and oxygen atoms in total. The summed E-state index contributed by atoms with van der Waals surface area (Å²) in [6.07, 6.45) is 6.41. The van der Waals surface area contributed by atoms with Crippen LogP contribution in [0.25, 0.3) is 0 Å². The van der Waals surface area contributed by atoms with Gasteiger partial charge in [0.15, 0.2) is 0 Å². The molecule has 0 saturated heterocycles. The zero-order chi connectivity index (χ0) is 14.0. The van der Waals surface area contributed by atoms with E-state index in [1.807, 2.05) is 6.92 Å². The molecule has 0 aromatic heterocycles. The Morgan fingerprint density at radius 1 is 0.947 bits per heavy atom. The van der Waals surface area contributed by atoms with Crippen molar-refractivity contribution in [2.75, 3.05) is 0 Å². The fraction of sp³-hybridized carbons (Fsp3) is 1.00. The third kappa shape index (κ3) is 12.9. The van der Waals surface area contributed by atoms with Crippen molar-refractivity contribution >= 4 is 10.1 Å². The second-order valence-electron chi connectivity index (χ2n) is 4.98. The topological polar surface area (TPSA) is 77.4 Å². The van der Waals surface area contributed by atoms with Crippen LogP contribution in [0.4, 0.5) is 0 Å². The van der Waals surface area contributed by atoms with E-state index < -0.39 is 21.5 Å². The minimum atomic E-state index is -4.21. The SMILES string of the molecule is CCCCCCC(O)CCC(CCC)S(=O)(=O)[O-].[K+]. The van der Waals surface area contributed by atoms with Crippen LogP contribution in [0.5, 0.6) is 0 Å². The van der Waals surface area contributed by atoms with Crippen molar-refractivity contribution in [2.45, 2.75) is 83.0 Å². The molecule has 0 aliphatic carbocycles. The molecule has 0 radical (unpaired) electrons. The normalized spacial score (nSPS) is 14.7. The zero-order valence-corrected chi connectivity index (χ0v) is 16.5. The van der Waals surface area contributed by atoms with E-state index in [9.17, 15) is 18.1 Å². The number of rotatable bonds is 11. The van der Waals surface area contributed by atoms with Crippen molar-refractivity contribution in [1.29, 1.82) is 0 Å². The van der Waals surface area contributed by atoms with Gasteiger partial charge in [-0.3, -0.25) is 0 Å². The second-order valence-corrected chi connectivity index (χ2v) is 6.64. The Hall–Kier alpha value is 1.51. The van der Waals surface area contributed by atoms with Crippen molar-refractivity contribution in [1.82, 2.24) is 0 Å². The summed E-state index contributed by atoms with van der Waals surface area (Å²) in [6.45, 7) is 3.99. The van der Waals surface area contributed by atoms with Crippen LogP contribution in [0, 0.1) is 0 Å². The van der Waals surface area contributed by atoms with Gasteiger partial charge in [0.1, 0.15) is 0 Å². The number of hydrogen-bond donors (Lipinski definition) is 1. The summed E-state index contributed by atoms with van der Waals surface area (Å²) in [5.74, 6) is 0. The number of hydrogen-bond acceptors (Lipinski definition) is 4. The average molecular weight is 319 g/mol. The van der Waals surface area contributed by atoms with E-state index in [2.05, 4.69) is 6.92 Å². The van der Waals surface area contributed by atoms with Crippen molar-refractivity contribution < 1.29 is 69.5 Å². The van der Waals surface area contributed by atoms with Gasteiger partial charge >= 0.3 is 51.4 Å². The van der Waals surface area contributed by atoms with Crippen molar-refractivity contribution in [3.05, 3.63) is 0 Å². The molecule has 0 rings (SSSR count). The van der Waals surface area contributed by atoms with Crippen LogP contribution in [0.3, 0.4) is 0 Å². The van der Waals surface area contributed by atoms with E-state index in [0.29, 0.717) is 25.7 Å². The minimum Gasteiger partial charge on any atom is -0.748 e. The molecule has 0 aromatic carbocycles. The van der Waals surface area contributed by atoms with Gasteiger partial charge in [-0.1, -0.05) is 46.0 Å². The van der Waals surface area contributed by atoms with E-state index >= 15 is 0 Å². The fourth-order valence-electron chi connectivity index (χ4n) is 2.08. The summed E-state index contributed by atoms with van der Waals surface area (Å²) < 4.78 is 33.0. The van der Waals surface area contributed by atoms with Gasteiger partial charge in [0, 0.05) is 5.25 Å². The summed E-state index contributed by atoms with van der Waals surface area (Å²) in [7, 11) is -4.21. The standard InChI is InChI=1S/C13H28O4S.K/c1-3-5-6-7-9-12(14)10-11-13(8-4-2)18(15,16)17;/h12-14H,3-11H2,1-2H3,(H,15,16,17);/q;+1/p-1. The number of aliphatic hydroxyl groups is 1. The Morgan fingerprint density at radius 2 is 1.58 bits per heavy atom. The molecule has 0 saturated carbocycles. The molecule has 0 heterocycles. The molecule has 0 amide bonds. The third-order valence-electron chi connectivity index (χ3n) is 3.23. The molecule has 0 bridgehead atoms. The van der Waals surface area contributed by atoms with E-state index in [-0.39, 0.29) is 57.8 Å². The summed E-state index contributed by atoms with van der Waals surface area (Å²) >= 11 is 0. The molecule has 110 valence electrons. The second kappa shape index (κ2) is 13.2. The van der Waals surface area contributed by atoms with Gasteiger partial charge in [-0.05, 0) is 25.7 Å². The van der Waals surface area contributed by atoms with Gasteiger partial charge in [0.25, 0.3) is 0 Å². The van der Waals surface area contributed by atoms with Crippen molar-refractivity contribution in [3.63, 3.8) is 0 Å². The molecule has 2 unspecified atom stereocenters. The Bertz CT molecular complexity index is 293. The van der Waals surface area contributed by atoms with Gasteiger partial charge in [-0.15, -0.1) is 0 Å². The zero-order valence-electron chi connectivity index (χ0n) is 12.6. The largest absolute Gasteiger partial charge is 1.00 e. The van der Waals surface area contributed by atoms with Gasteiger partial charge in [0.05, 0.1) is 16.2 Å². The Morgan fingerprint density at radius 3 is 2.05 bits per heavy atom. The number of unbranched alkanes of at least 4 members (excludes halogenated alkanes) is 3. The minimum absolute atomic E-state index is 0. The maximum Gasteiger partial charge on any atom is 1.00 e. The Balaban J connectivity index is 0. The molecular formula is C13H27KO4S. The molecule has 0 fully saturated rings. The summed E-state index contributed by atoms with van der Waals surface area (Å²) in [4.78, 5) is 0. The average Bonchev–Trinajstić information content (AvgIpc) is 2.28. The van der Waals surface area contributed by atoms with Crippen LogP contribution < -0.4 is 51.4 Å². The maximum atomic E-state index is 11.0. The van der Waals surface area contributed by atoms with Crippen molar-refractivity contribution in [3.8, 4) is 0 Å². The molecule has 6 heteroatoms. The predicted molar refractivity (Wildman–Crippen MR) is 72.4 cm³/mol. The quantitative estimate of drug-likeness (QED) is 0.326. The van der Waals surface area contributed by atoms with E-state index in [4.69, 9.17) is 0 Å². The first-order chi connectivity index (χ1) is 8.41. The van der Waals surface area contributed by atoms with Crippen LogP contribution in [0.1, 0.15) is 71.6 Å². The summed E-state index contributed by atoms with van der Waals surface area (Å²) in [5, 5.41) is 8.91. The van der Waals surface area contributed by atoms with E-state index in [1.54, 1.807) is 0 Å². The van der Waals surface area contributed by atoms with Crippen molar-refractivity contribution in [2.24, 2.45) is 0 Å². The monoisotopic (exact) mass is 318 g/mol. The summed E-state index contributed by atoms with van der Waals surface area (Å²) in [6, 6.07) is 0. The number of aliphatic hydroxyl groups excluding tert-OH is 1. The Labute approximate surface area is 160 Å². The van der Waals surface area contributed by atoms with Crippen LogP contribution in [-0.2, 0) is 10.1 Å². The van der Waals surface area contributed by atoms with Crippen LogP contribution >= 0.6 is 0 Å². The first kappa shape index (κ1) is 22.8. The Kier molecular flexibility index (Phi) is 15.8. The molecule has 19 heavy (non-hydrogen) atoms. The first-order valence-corrected chi connectivity index (χ1v) is 8.51. The first-order valence-electron chi connectivity index (χ1n) is 7.04.